The molecular formula is C13H13NO. The third kappa shape index (κ3) is 1.84. The van der Waals surface area contributed by atoms with E-state index in [2.05, 4.69) is 5.32 Å². The van der Waals surface area contributed by atoms with Gasteiger partial charge in [-0.3, -0.25) is 4.79 Å². The van der Waals surface area contributed by atoms with Crippen LogP contribution in [0.3, 0.4) is 0 Å². The molecule has 1 aromatic carbocycles. The van der Waals surface area contributed by atoms with Gasteiger partial charge < -0.3 is 5.32 Å². The van der Waals surface area contributed by atoms with E-state index in [4.69, 9.17) is 0 Å². The highest BCUT2D eigenvalue weighted by Gasteiger charge is 2.21. The Morgan fingerprint density at radius 2 is 1.80 bits per heavy atom. The first-order valence-electron chi connectivity index (χ1n) is 4.94. The molecule has 0 bridgehead atoms. The topological polar surface area (TPSA) is 29.1 Å². The summed E-state index contributed by atoms with van der Waals surface area (Å²) in [5, 5.41) is 3.09. The van der Waals surface area contributed by atoms with Crippen LogP contribution in [0.4, 0.5) is 0 Å². The summed E-state index contributed by atoms with van der Waals surface area (Å²) in [6, 6.07) is 9.83. The van der Waals surface area contributed by atoms with Gasteiger partial charge in [0.15, 0.2) is 0 Å². The normalized spacial score (nSPS) is 18.5. The molecule has 2 heteroatoms. The van der Waals surface area contributed by atoms with Gasteiger partial charge in [-0.2, -0.15) is 0 Å². The second kappa shape index (κ2) is 3.73. The average Bonchev–Trinajstić information content (AvgIpc) is 2.48. The summed E-state index contributed by atoms with van der Waals surface area (Å²) in [5.74, 6) is 0.0938. The molecule has 2 rings (SSSR count). The molecule has 1 N–H and O–H groups in total. The number of carbonyl (C=O) groups excluding carboxylic acids is 1. The Labute approximate surface area is 89.3 Å². The summed E-state index contributed by atoms with van der Waals surface area (Å²) in [6.07, 6.45) is 1.88. The van der Waals surface area contributed by atoms with Crippen LogP contribution in [0, 0.1) is 0 Å². The van der Waals surface area contributed by atoms with Crippen LogP contribution < -0.4 is 5.32 Å². The van der Waals surface area contributed by atoms with E-state index in [1.165, 1.54) is 0 Å². The van der Waals surface area contributed by atoms with E-state index in [0.29, 0.717) is 5.70 Å². The molecule has 0 aromatic heterocycles. The van der Waals surface area contributed by atoms with Gasteiger partial charge in [-0.05, 0) is 25.5 Å². The van der Waals surface area contributed by atoms with Gasteiger partial charge in [0.05, 0.1) is 5.70 Å². The minimum atomic E-state index is 0.0938. The lowest BCUT2D eigenvalue weighted by Gasteiger charge is -1.99. The predicted octanol–water partition coefficient (Wildman–Crippen LogP) is 2.49. The molecule has 1 aliphatic heterocycles. The molecule has 76 valence electrons. The molecule has 0 spiro atoms. The van der Waals surface area contributed by atoms with Crippen molar-refractivity contribution in [3.8, 4) is 0 Å². The summed E-state index contributed by atoms with van der Waals surface area (Å²) in [7, 11) is 0. The lowest BCUT2D eigenvalue weighted by molar-refractivity contribution is -0.111. The van der Waals surface area contributed by atoms with Gasteiger partial charge in [-0.1, -0.05) is 30.3 Å². The predicted molar refractivity (Wildman–Crippen MR) is 60.9 cm³/mol. The number of allylic oxidation sites excluding steroid dienone is 2. The van der Waals surface area contributed by atoms with Crippen molar-refractivity contribution in [1.29, 1.82) is 0 Å². The lowest BCUT2D eigenvalue weighted by atomic mass is 10.1. The van der Waals surface area contributed by atoms with Gasteiger partial charge in [-0.15, -0.1) is 0 Å². The zero-order valence-electron chi connectivity index (χ0n) is 8.87. The zero-order valence-corrected chi connectivity index (χ0v) is 8.87. The summed E-state index contributed by atoms with van der Waals surface area (Å²) in [6.45, 7) is 3.76. The first-order chi connectivity index (χ1) is 7.18. The van der Waals surface area contributed by atoms with Crippen molar-refractivity contribution in [2.75, 3.05) is 0 Å². The van der Waals surface area contributed by atoms with E-state index in [0.717, 1.165) is 16.8 Å². The number of benzene rings is 1. The maximum absolute atomic E-state index is 11.7. The Balaban J connectivity index is 2.30. The van der Waals surface area contributed by atoms with Crippen LogP contribution in [0.5, 0.6) is 0 Å². The SMILES string of the molecule is CC1=C(C)C(=O)/C(=C\c2ccccc2)N1. The Bertz CT molecular complexity index is 455. The van der Waals surface area contributed by atoms with Gasteiger partial charge in [0.2, 0.25) is 5.78 Å². The Hall–Kier alpha value is -1.83. The van der Waals surface area contributed by atoms with Gasteiger partial charge in [0, 0.05) is 11.3 Å². The standard InChI is InChI=1S/C13H13NO/c1-9-10(2)14-12(13(9)15)8-11-6-4-3-5-7-11/h3-8,14H,1-2H3/b12-8+. The molecule has 1 aliphatic rings. The van der Waals surface area contributed by atoms with Gasteiger partial charge >= 0.3 is 0 Å². The molecular weight excluding hydrogens is 186 g/mol. The van der Waals surface area contributed by atoms with E-state index in [1.54, 1.807) is 0 Å². The largest absolute Gasteiger partial charge is 0.356 e. The first-order valence-corrected chi connectivity index (χ1v) is 4.94. The molecule has 1 aromatic rings. The molecule has 0 saturated carbocycles. The third-order valence-corrected chi connectivity index (χ3v) is 2.58. The Morgan fingerprint density at radius 1 is 1.13 bits per heavy atom. The van der Waals surface area contributed by atoms with Crippen molar-refractivity contribution in [2.45, 2.75) is 13.8 Å². The first kappa shape index (κ1) is 9.71. The van der Waals surface area contributed by atoms with Crippen molar-refractivity contribution in [3.05, 3.63) is 52.9 Å². The highest BCUT2D eigenvalue weighted by Crippen LogP contribution is 2.18. The monoisotopic (exact) mass is 199 g/mol. The minimum Gasteiger partial charge on any atom is -0.356 e. The van der Waals surface area contributed by atoms with Crippen molar-refractivity contribution in [2.24, 2.45) is 0 Å². The zero-order chi connectivity index (χ0) is 10.8. The Kier molecular flexibility index (Phi) is 2.42. The number of ketones is 1. The van der Waals surface area contributed by atoms with Crippen LogP contribution in [-0.4, -0.2) is 5.78 Å². The quantitative estimate of drug-likeness (QED) is 0.704. The van der Waals surface area contributed by atoms with Crippen molar-refractivity contribution < 1.29 is 4.79 Å². The highest BCUT2D eigenvalue weighted by molar-refractivity contribution is 6.13. The maximum atomic E-state index is 11.7. The van der Waals surface area contributed by atoms with Crippen LogP contribution in [0.2, 0.25) is 0 Å². The van der Waals surface area contributed by atoms with Crippen LogP contribution in [-0.2, 0) is 4.79 Å². The molecule has 0 fully saturated rings. The number of nitrogens with one attached hydrogen (secondary N) is 1. The Morgan fingerprint density at radius 3 is 2.33 bits per heavy atom. The molecule has 1 heterocycles. The summed E-state index contributed by atoms with van der Waals surface area (Å²) in [5.41, 5.74) is 3.45. The van der Waals surface area contributed by atoms with E-state index in [1.807, 2.05) is 50.3 Å². The van der Waals surface area contributed by atoms with E-state index in [9.17, 15) is 4.79 Å². The van der Waals surface area contributed by atoms with Gasteiger partial charge in [0.25, 0.3) is 0 Å². The van der Waals surface area contributed by atoms with Crippen LogP contribution in [0.25, 0.3) is 6.08 Å². The number of rotatable bonds is 1. The average molecular weight is 199 g/mol. The molecule has 0 amide bonds. The third-order valence-electron chi connectivity index (χ3n) is 2.58. The smallest absolute Gasteiger partial charge is 0.206 e. The second-order valence-corrected chi connectivity index (χ2v) is 3.67. The lowest BCUT2D eigenvalue weighted by Crippen LogP contribution is -2.07. The van der Waals surface area contributed by atoms with Crippen LogP contribution >= 0.6 is 0 Å². The fraction of sp³-hybridized carbons (Fsp3) is 0.154. The van der Waals surface area contributed by atoms with Crippen LogP contribution in [0.1, 0.15) is 19.4 Å². The summed E-state index contributed by atoms with van der Waals surface area (Å²) in [4.78, 5) is 11.7. The number of hydrogen-bond acceptors (Lipinski definition) is 2. The van der Waals surface area contributed by atoms with Crippen molar-refractivity contribution in [3.63, 3.8) is 0 Å². The van der Waals surface area contributed by atoms with E-state index >= 15 is 0 Å². The molecule has 0 unspecified atom stereocenters. The molecule has 2 nitrogen and oxygen atoms in total. The van der Waals surface area contributed by atoms with Gasteiger partial charge in [0.1, 0.15) is 0 Å². The molecule has 0 radical (unpaired) electrons. The summed E-state index contributed by atoms with van der Waals surface area (Å²) >= 11 is 0. The fourth-order valence-electron chi connectivity index (χ4n) is 1.54. The van der Waals surface area contributed by atoms with E-state index in [-0.39, 0.29) is 5.78 Å². The van der Waals surface area contributed by atoms with Crippen molar-refractivity contribution >= 4 is 11.9 Å². The fourth-order valence-corrected chi connectivity index (χ4v) is 1.54. The number of hydrogen-bond donors (Lipinski definition) is 1. The summed E-state index contributed by atoms with van der Waals surface area (Å²) < 4.78 is 0. The molecule has 0 aliphatic carbocycles. The number of Topliss-reactive ketones (excluding diaryl/α,β-unsaturated/α-hetero) is 1. The van der Waals surface area contributed by atoms with Gasteiger partial charge in [-0.25, -0.2) is 0 Å². The van der Waals surface area contributed by atoms with E-state index < -0.39 is 0 Å². The highest BCUT2D eigenvalue weighted by atomic mass is 16.1. The molecule has 0 atom stereocenters. The number of carbonyl (C=O) groups is 1. The van der Waals surface area contributed by atoms with Crippen molar-refractivity contribution in [1.82, 2.24) is 5.32 Å². The molecule has 0 saturated heterocycles. The molecule has 15 heavy (non-hydrogen) atoms. The van der Waals surface area contributed by atoms with Crippen LogP contribution in [0.15, 0.2) is 47.3 Å². The second-order valence-electron chi connectivity index (χ2n) is 3.67. The minimum absolute atomic E-state index is 0.0938. The maximum Gasteiger partial charge on any atom is 0.206 e.